The van der Waals surface area contributed by atoms with Crippen LogP contribution in [0.2, 0.25) is 0 Å². The molecule has 2 heterocycles. The number of hydrogen-bond donors (Lipinski definition) is 2. The number of nitrogens with one attached hydrogen (secondary N) is 2. The molecule has 1 saturated heterocycles. The van der Waals surface area contributed by atoms with Crippen molar-refractivity contribution < 1.29 is 9.53 Å². The summed E-state index contributed by atoms with van der Waals surface area (Å²) < 4.78 is 5.08. The summed E-state index contributed by atoms with van der Waals surface area (Å²) in [4.78, 5) is 20.3. The maximum Gasteiger partial charge on any atom is 0.409 e. The molecule has 0 unspecified atom stereocenters. The van der Waals surface area contributed by atoms with E-state index >= 15 is 0 Å². The number of carbonyl (C=O) groups excluding carboxylic acids is 1. The number of hydrogen-bond acceptors (Lipinski definition) is 4. The van der Waals surface area contributed by atoms with Gasteiger partial charge in [0.25, 0.3) is 0 Å². The molecule has 1 amide bonds. The Hall–Kier alpha value is -2.44. The second-order valence-corrected chi connectivity index (χ2v) is 7.52. The van der Waals surface area contributed by atoms with Gasteiger partial charge >= 0.3 is 6.09 Å². The van der Waals surface area contributed by atoms with Crippen LogP contribution in [0.5, 0.6) is 0 Å². The fraction of sp³-hybridized carbons (Fsp3) is 0.619. The Balaban J connectivity index is 1.47. The molecule has 0 bridgehead atoms. The molecule has 3 rings (SSSR count). The van der Waals surface area contributed by atoms with Crippen molar-refractivity contribution in [3.8, 4) is 0 Å². The maximum absolute atomic E-state index is 11.8. The van der Waals surface area contributed by atoms with Crippen molar-refractivity contribution in [2.24, 2.45) is 4.99 Å². The molecule has 0 saturated carbocycles. The van der Waals surface area contributed by atoms with E-state index in [1.807, 2.05) is 6.92 Å². The molecule has 2 aliphatic rings. The third kappa shape index (κ3) is 5.09. The quantitative estimate of drug-likeness (QED) is 0.613. The van der Waals surface area contributed by atoms with Crippen LogP contribution < -0.4 is 15.5 Å². The molecule has 1 aromatic carbocycles. The predicted octanol–water partition coefficient (Wildman–Crippen LogP) is 2.35. The fourth-order valence-corrected chi connectivity index (χ4v) is 3.94. The molecule has 28 heavy (non-hydrogen) atoms. The highest BCUT2D eigenvalue weighted by Crippen LogP contribution is 2.26. The van der Waals surface area contributed by atoms with Crippen molar-refractivity contribution in [1.82, 2.24) is 15.5 Å². The Kier molecular flexibility index (Phi) is 7.01. The van der Waals surface area contributed by atoms with E-state index in [-0.39, 0.29) is 6.09 Å². The zero-order valence-electron chi connectivity index (χ0n) is 17.3. The van der Waals surface area contributed by atoms with Gasteiger partial charge in [-0.15, -0.1) is 0 Å². The predicted molar refractivity (Wildman–Crippen MR) is 113 cm³/mol. The first-order valence-electron chi connectivity index (χ1n) is 10.3. The second-order valence-electron chi connectivity index (χ2n) is 7.52. The van der Waals surface area contributed by atoms with Crippen LogP contribution in [0.25, 0.3) is 0 Å². The number of guanidine groups is 1. The smallest absolute Gasteiger partial charge is 0.409 e. The highest BCUT2D eigenvalue weighted by Gasteiger charge is 2.24. The summed E-state index contributed by atoms with van der Waals surface area (Å²) in [6.45, 7) is 5.57. The van der Waals surface area contributed by atoms with Crippen molar-refractivity contribution in [2.75, 3.05) is 45.2 Å². The van der Waals surface area contributed by atoms with Crippen molar-refractivity contribution in [1.29, 1.82) is 0 Å². The minimum atomic E-state index is -0.207. The van der Waals surface area contributed by atoms with Gasteiger partial charge in [0.2, 0.25) is 0 Å². The van der Waals surface area contributed by atoms with Gasteiger partial charge in [-0.3, -0.25) is 4.99 Å². The number of nitrogens with zero attached hydrogens (tertiary/aromatic N) is 3. The molecule has 0 spiro atoms. The number of likely N-dealkylation sites (tertiary alicyclic amines) is 1. The average molecular weight is 388 g/mol. The van der Waals surface area contributed by atoms with Gasteiger partial charge in [0.1, 0.15) is 0 Å². The first kappa shape index (κ1) is 20.3. The number of ether oxygens (including phenoxy) is 1. The number of anilines is 1. The first-order chi connectivity index (χ1) is 13.6. The van der Waals surface area contributed by atoms with E-state index in [9.17, 15) is 4.79 Å². The average Bonchev–Trinajstić information content (AvgIpc) is 2.72. The van der Waals surface area contributed by atoms with E-state index in [2.05, 4.69) is 45.8 Å². The molecular weight excluding hydrogens is 354 g/mol. The third-order valence-electron chi connectivity index (χ3n) is 5.54. The minimum Gasteiger partial charge on any atom is -0.450 e. The molecule has 0 aliphatic carbocycles. The van der Waals surface area contributed by atoms with E-state index in [4.69, 9.17) is 4.74 Å². The Morgan fingerprint density at radius 1 is 1.29 bits per heavy atom. The normalized spacial score (nSPS) is 17.9. The molecule has 7 heteroatoms. The molecule has 2 N–H and O–H groups in total. The molecule has 7 nitrogen and oxygen atoms in total. The first-order valence-corrected chi connectivity index (χ1v) is 10.3. The second kappa shape index (κ2) is 9.66. The number of aliphatic imine (C=N–C) groups is 1. The summed E-state index contributed by atoms with van der Waals surface area (Å²) in [5.41, 5.74) is 4.06. The number of benzene rings is 1. The van der Waals surface area contributed by atoms with Gasteiger partial charge in [0.05, 0.1) is 6.61 Å². The number of piperidine rings is 1. The summed E-state index contributed by atoms with van der Waals surface area (Å²) in [6, 6.07) is 7.04. The van der Waals surface area contributed by atoms with Gasteiger partial charge in [0.15, 0.2) is 5.96 Å². The summed E-state index contributed by atoms with van der Waals surface area (Å²) in [7, 11) is 3.96. The largest absolute Gasteiger partial charge is 0.450 e. The van der Waals surface area contributed by atoms with Gasteiger partial charge in [-0.05, 0) is 49.8 Å². The number of fused-ring (bicyclic) bond motifs is 1. The van der Waals surface area contributed by atoms with E-state index in [0.717, 1.165) is 38.3 Å². The fourth-order valence-electron chi connectivity index (χ4n) is 3.94. The Labute approximate surface area is 168 Å². The topological polar surface area (TPSA) is 69.2 Å². The van der Waals surface area contributed by atoms with E-state index in [1.165, 1.54) is 23.2 Å². The molecular formula is C21H33N5O2. The van der Waals surface area contributed by atoms with E-state index in [1.54, 1.807) is 11.9 Å². The van der Waals surface area contributed by atoms with Crippen LogP contribution in [0.15, 0.2) is 23.2 Å². The number of aryl methyl sites for hydroxylation is 1. The van der Waals surface area contributed by atoms with Gasteiger partial charge in [-0.1, -0.05) is 12.1 Å². The van der Waals surface area contributed by atoms with Crippen LogP contribution in [0.4, 0.5) is 10.5 Å². The number of carbonyl (C=O) groups is 1. The maximum atomic E-state index is 11.8. The Morgan fingerprint density at radius 2 is 2.07 bits per heavy atom. The number of rotatable bonds is 4. The van der Waals surface area contributed by atoms with Crippen molar-refractivity contribution in [3.05, 3.63) is 29.3 Å². The van der Waals surface area contributed by atoms with Crippen LogP contribution in [0, 0.1) is 0 Å². The lowest BCUT2D eigenvalue weighted by Crippen LogP contribution is -2.49. The molecule has 0 radical (unpaired) electrons. The third-order valence-corrected chi connectivity index (χ3v) is 5.54. The van der Waals surface area contributed by atoms with Crippen LogP contribution >= 0.6 is 0 Å². The molecule has 154 valence electrons. The van der Waals surface area contributed by atoms with Gasteiger partial charge in [0, 0.05) is 52.0 Å². The lowest BCUT2D eigenvalue weighted by Gasteiger charge is -2.32. The zero-order chi connectivity index (χ0) is 19.9. The highest BCUT2D eigenvalue weighted by atomic mass is 16.6. The minimum absolute atomic E-state index is 0.207. The van der Waals surface area contributed by atoms with Crippen molar-refractivity contribution in [2.45, 2.75) is 45.2 Å². The monoisotopic (exact) mass is 387 g/mol. The lowest BCUT2D eigenvalue weighted by atomic mass is 9.99. The van der Waals surface area contributed by atoms with Crippen LogP contribution in [0.3, 0.4) is 0 Å². The molecule has 0 atom stereocenters. The Bertz CT molecular complexity index is 698. The van der Waals surface area contributed by atoms with Crippen molar-refractivity contribution >= 4 is 17.7 Å². The van der Waals surface area contributed by atoms with Crippen LogP contribution in [-0.4, -0.2) is 63.3 Å². The van der Waals surface area contributed by atoms with Gasteiger partial charge in [-0.2, -0.15) is 0 Å². The van der Waals surface area contributed by atoms with Gasteiger partial charge < -0.3 is 25.2 Å². The lowest BCUT2D eigenvalue weighted by molar-refractivity contribution is 0.0963. The molecule has 2 aliphatic heterocycles. The Morgan fingerprint density at radius 3 is 2.79 bits per heavy atom. The zero-order valence-corrected chi connectivity index (χ0v) is 17.3. The summed E-state index contributed by atoms with van der Waals surface area (Å²) in [5.74, 6) is 0.810. The van der Waals surface area contributed by atoms with E-state index < -0.39 is 0 Å². The standard InChI is InChI=1S/C21H33N5O2/c1-4-28-21(27)26-12-9-18(10-13-26)24-20(22-2)23-15-16-7-8-19-17(14-16)6-5-11-25(19)3/h7-8,14,18H,4-6,9-13,15H2,1-3H3,(H2,22,23,24). The molecule has 1 aromatic rings. The SMILES string of the molecule is CCOC(=O)N1CCC(NC(=NC)NCc2ccc3c(c2)CCCN3C)CC1. The summed E-state index contributed by atoms with van der Waals surface area (Å²) in [5, 5.41) is 6.91. The molecule has 1 fully saturated rings. The highest BCUT2D eigenvalue weighted by molar-refractivity contribution is 5.80. The summed E-state index contributed by atoms with van der Waals surface area (Å²) >= 11 is 0. The van der Waals surface area contributed by atoms with E-state index in [0.29, 0.717) is 25.7 Å². The summed E-state index contributed by atoms with van der Waals surface area (Å²) in [6.07, 6.45) is 3.95. The number of amides is 1. The van der Waals surface area contributed by atoms with Crippen LogP contribution in [-0.2, 0) is 17.7 Å². The van der Waals surface area contributed by atoms with Crippen molar-refractivity contribution in [3.63, 3.8) is 0 Å². The molecule has 0 aromatic heterocycles. The van der Waals surface area contributed by atoms with Crippen LogP contribution in [0.1, 0.15) is 37.3 Å². The van der Waals surface area contributed by atoms with Gasteiger partial charge in [-0.25, -0.2) is 4.79 Å².